The lowest BCUT2D eigenvalue weighted by molar-refractivity contribution is -0.141. The van der Waals surface area contributed by atoms with Crippen molar-refractivity contribution in [2.45, 2.75) is 27.7 Å². The van der Waals surface area contributed by atoms with E-state index in [1.54, 1.807) is 19.1 Å². The monoisotopic (exact) mass is 249 g/mol. The largest absolute Gasteiger partial charge is 0.426 e. The molecular weight excluding hydrogens is 234 g/mol. The zero-order valence-corrected chi connectivity index (χ0v) is 10.8. The summed E-state index contributed by atoms with van der Waals surface area (Å²) < 4.78 is 5.07. The Morgan fingerprint density at radius 3 is 2.33 bits per heavy atom. The van der Waals surface area contributed by atoms with Gasteiger partial charge in [0.2, 0.25) is 0 Å². The van der Waals surface area contributed by atoms with Crippen LogP contribution in [0.2, 0.25) is 0 Å². The highest BCUT2D eigenvalue weighted by Crippen LogP contribution is 2.21. The van der Waals surface area contributed by atoms with Gasteiger partial charge < -0.3 is 9.57 Å². The highest BCUT2D eigenvalue weighted by atomic mass is 16.7. The Morgan fingerprint density at radius 2 is 1.78 bits per heavy atom. The van der Waals surface area contributed by atoms with Crippen molar-refractivity contribution in [1.82, 2.24) is 0 Å². The molecule has 0 spiro atoms. The molecule has 0 bridgehead atoms. The SMILES string of the molecule is CC(=O)O/N=C(/C)c1cc(C)ccc1OC(C)=O. The molecule has 5 nitrogen and oxygen atoms in total. The molecule has 18 heavy (non-hydrogen) atoms. The Balaban J connectivity index is 3.11. The molecule has 0 heterocycles. The summed E-state index contributed by atoms with van der Waals surface area (Å²) >= 11 is 0. The molecule has 0 aliphatic rings. The third-order valence-corrected chi connectivity index (χ3v) is 2.09. The van der Waals surface area contributed by atoms with E-state index in [0.29, 0.717) is 17.0 Å². The zero-order valence-electron chi connectivity index (χ0n) is 10.8. The molecule has 0 aliphatic carbocycles. The Labute approximate surface area is 105 Å². The molecule has 1 rings (SSSR count). The topological polar surface area (TPSA) is 65.0 Å². The van der Waals surface area contributed by atoms with Gasteiger partial charge in [-0.25, -0.2) is 4.79 Å². The quantitative estimate of drug-likeness (QED) is 0.271. The van der Waals surface area contributed by atoms with Gasteiger partial charge in [-0.2, -0.15) is 0 Å². The third-order valence-electron chi connectivity index (χ3n) is 2.09. The maximum Gasteiger partial charge on any atom is 0.331 e. The van der Waals surface area contributed by atoms with Crippen LogP contribution in [0.15, 0.2) is 23.4 Å². The molecule has 96 valence electrons. The lowest BCUT2D eigenvalue weighted by Crippen LogP contribution is -2.07. The van der Waals surface area contributed by atoms with E-state index < -0.39 is 11.9 Å². The van der Waals surface area contributed by atoms with Crippen LogP contribution in [0.4, 0.5) is 0 Å². The standard InChI is InChI=1S/C13H15NO4/c1-8-5-6-13(17-10(3)15)12(7-8)9(2)14-18-11(4)16/h5-7H,1-4H3/b14-9-. The third kappa shape index (κ3) is 4.01. The van der Waals surface area contributed by atoms with Gasteiger partial charge in [0.1, 0.15) is 5.75 Å². The van der Waals surface area contributed by atoms with Crippen molar-refractivity contribution in [3.63, 3.8) is 0 Å². The number of hydrogen-bond acceptors (Lipinski definition) is 5. The Hall–Kier alpha value is -2.17. The van der Waals surface area contributed by atoms with Gasteiger partial charge in [-0.1, -0.05) is 16.8 Å². The summed E-state index contributed by atoms with van der Waals surface area (Å²) in [4.78, 5) is 26.3. The van der Waals surface area contributed by atoms with Crippen molar-refractivity contribution in [3.05, 3.63) is 29.3 Å². The number of oxime groups is 1. The van der Waals surface area contributed by atoms with Crippen LogP contribution < -0.4 is 4.74 Å². The molecule has 1 aromatic carbocycles. The fraction of sp³-hybridized carbons (Fsp3) is 0.308. The molecule has 0 N–H and O–H groups in total. The second-order valence-corrected chi connectivity index (χ2v) is 3.85. The van der Waals surface area contributed by atoms with Crippen molar-refractivity contribution in [2.24, 2.45) is 5.16 Å². The summed E-state index contributed by atoms with van der Waals surface area (Å²) in [5.74, 6) is -0.530. The van der Waals surface area contributed by atoms with Gasteiger partial charge in [0.15, 0.2) is 0 Å². The molecule has 0 saturated carbocycles. The molecule has 0 amide bonds. The van der Waals surface area contributed by atoms with E-state index in [2.05, 4.69) is 9.99 Å². The summed E-state index contributed by atoms with van der Waals surface area (Å²) in [5.41, 5.74) is 2.06. The number of hydrogen-bond donors (Lipinski definition) is 0. The van der Waals surface area contributed by atoms with Gasteiger partial charge in [0, 0.05) is 19.4 Å². The van der Waals surface area contributed by atoms with Crippen molar-refractivity contribution in [3.8, 4) is 5.75 Å². The predicted octanol–water partition coefficient (Wildman–Crippen LogP) is 2.21. The van der Waals surface area contributed by atoms with Gasteiger partial charge in [0.25, 0.3) is 0 Å². The average molecular weight is 249 g/mol. The molecule has 0 aliphatic heterocycles. The van der Waals surface area contributed by atoms with E-state index in [0.717, 1.165) is 5.56 Å². The van der Waals surface area contributed by atoms with E-state index in [1.165, 1.54) is 13.8 Å². The van der Waals surface area contributed by atoms with Gasteiger partial charge >= 0.3 is 11.9 Å². The van der Waals surface area contributed by atoms with Gasteiger partial charge in [0.05, 0.1) is 5.71 Å². The number of nitrogens with zero attached hydrogens (tertiary/aromatic N) is 1. The van der Waals surface area contributed by atoms with Crippen molar-refractivity contribution >= 4 is 17.7 Å². The Morgan fingerprint density at radius 1 is 1.11 bits per heavy atom. The molecule has 0 fully saturated rings. The van der Waals surface area contributed by atoms with E-state index in [-0.39, 0.29) is 0 Å². The van der Waals surface area contributed by atoms with E-state index in [9.17, 15) is 9.59 Å². The van der Waals surface area contributed by atoms with E-state index in [4.69, 9.17) is 4.74 Å². The molecular formula is C13H15NO4. The van der Waals surface area contributed by atoms with Crippen LogP contribution in [0.1, 0.15) is 31.9 Å². The van der Waals surface area contributed by atoms with Crippen LogP contribution in [0.3, 0.4) is 0 Å². The summed E-state index contributed by atoms with van der Waals surface area (Å²) in [6.45, 7) is 6.16. The second-order valence-electron chi connectivity index (χ2n) is 3.85. The minimum atomic E-state index is -0.504. The first-order valence-electron chi connectivity index (χ1n) is 5.41. The fourth-order valence-electron chi connectivity index (χ4n) is 1.35. The smallest absolute Gasteiger partial charge is 0.331 e. The van der Waals surface area contributed by atoms with Crippen LogP contribution in [0.25, 0.3) is 0 Å². The molecule has 0 saturated heterocycles. The highest BCUT2D eigenvalue weighted by molar-refractivity contribution is 6.01. The van der Waals surface area contributed by atoms with Gasteiger partial charge in [-0.05, 0) is 26.0 Å². The van der Waals surface area contributed by atoms with Crippen molar-refractivity contribution in [1.29, 1.82) is 0 Å². The minimum Gasteiger partial charge on any atom is -0.426 e. The number of ether oxygens (including phenoxy) is 1. The van der Waals surface area contributed by atoms with Crippen LogP contribution >= 0.6 is 0 Å². The number of esters is 1. The normalized spacial score (nSPS) is 11.0. The summed E-state index contributed by atoms with van der Waals surface area (Å²) in [7, 11) is 0. The predicted molar refractivity (Wildman–Crippen MR) is 66.5 cm³/mol. The molecule has 5 heteroatoms. The van der Waals surface area contributed by atoms with Crippen LogP contribution in [0.5, 0.6) is 5.75 Å². The van der Waals surface area contributed by atoms with E-state index >= 15 is 0 Å². The zero-order chi connectivity index (χ0) is 13.7. The maximum atomic E-state index is 11.0. The second kappa shape index (κ2) is 5.95. The first kappa shape index (κ1) is 13.9. The van der Waals surface area contributed by atoms with Gasteiger partial charge in [-0.3, -0.25) is 4.79 Å². The summed E-state index contributed by atoms with van der Waals surface area (Å²) in [5, 5.41) is 3.68. The Kier molecular flexibility index (Phi) is 4.59. The fourth-order valence-corrected chi connectivity index (χ4v) is 1.35. The average Bonchev–Trinajstić information content (AvgIpc) is 2.27. The number of carbonyl (C=O) groups excluding carboxylic acids is 2. The molecule has 0 unspecified atom stereocenters. The highest BCUT2D eigenvalue weighted by Gasteiger charge is 2.10. The minimum absolute atomic E-state index is 0.390. The lowest BCUT2D eigenvalue weighted by Gasteiger charge is -2.09. The van der Waals surface area contributed by atoms with Crippen LogP contribution in [-0.4, -0.2) is 17.7 Å². The Bertz CT molecular complexity index is 506. The number of aryl methyl sites for hydroxylation is 1. The van der Waals surface area contributed by atoms with Crippen molar-refractivity contribution < 1.29 is 19.2 Å². The molecule has 0 atom stereocenters. The number of rotatable bonds is 3. The number of benzene rings is 1. The lowest BCUT2D eigenvalue weighted by atomic mass is 10.1. The van der Waals surface area contributed by atoms with Crippen molar-refractivity contribution in [2.75, 3.05) is 0 Å². The number of carbonyl (C=O) groups is 2. The maximum absolute atomic E-state index is 11.0. The van der Waals surface area contributed by atoms with E-state index in [1.807, 2.05) is 13.0 Å². The molecule has 0 aromatic heterocycles. The molecule has 1 aromatic rings. The van der Waals surface area contributed by atoms with Gasteiger partial charge in [-0.15, -0.1) is 0 Å². The summed E-state index contributed by atoms with van der Waals surface area (Å²) in [6.07, 6.45) is 0. The first-order valence-corrected chi connectivity index (χ1v) is 5.41. The molecule has 0 radical (unpaired) electrons. The summed E-state index contributed by atoms with van der Waals surface area (Å²) in [6, 6.07) is 5.31. The van der Waals surface area contributed by atoms with Crippen LogP contribution in [0, 0.1) is 6.92 Å². The first-order chi connectivity index (χ1) is 8.40. The van der Waals surface area contributed by atoms with Crippen LogP contribution in [-0.2, 0) is 14.4 Å².